The molecule has 2 rings (SSSR count). The molecule has 2 N–H and O–H groups in total. The summed E-state index contributed by atoms with van der Waals surface area (Å²) in [6, 6.07) is 3.90. The molecule has 0 aliphatic heterocycles. The molecule has 4 heteroatoms. The Balaban J connectivity index is 2.33. The van der Waals surface area contributed by atoms with Gasteiger partial charge in [0.2, 0.25) is 0 Å². The summed E-state index contributed by atoms with van der Waals surface area (Å²) in [6.07, 6.45) is 1.79. The highest BCUT2D eigenvalue weighted by atomic mass is 32.1. The first-order valence-corrected chi connectivity index (χ1v) is 6.78. The molecule has 92 valence electrons. The topological polar surface area (TPSA) is 52.0 Å². The van der Waals surface area contributed by atoms with Crippen LogP contribution in [0, 0.1) is 6.92 Å². The molecule has 0 amide bonds. The number of hydrogen-bond donors (Lipinski definition) is 1. The Hall–Kier alpha value is -1.13. The maximum Gasteiger partial charge on any atom is 0.153 e. The first-order chi connectivity index (χ1) is 8.09. The van der Waals surface area contributed by atoms with E-state index in [0.29, 0.717) is 0 Å². The van der Waals surface area contributed by atoms with E-state index in [1.165, 1.54) is 0 Å². The average Bonchev–Trinajstić information content (AvgIpc) is 2.96. The number of rotatable bonds is 4. The lowest BCUT2D eigenvalue weighted by Crippen LogP contribution is -2.34. The van der Waals surface area contributed by atoms with Gasteiger partial charge < -0.3 is 10.2 Å². The van der Waals surface area contributed by atoms with E-state index in [2.05, 4.69) is 18.8 Å². The van der Waals surface area contributed by atoms with Crippen LogP contribution in [0.5, 0.6) is 0 Å². The van der Waals surface area contributed by atoms with Crippen LogP contribution in [0.25, 0.3) is 11.5 Å². The zero-order valence-electron chi connectivity index (χ0n) is 10.5. The van der Waals surface area contributed by atoms with Crippen LogP contribution in [-0.2, 0) is 5.54 Å². The normalized spacial score (nSPS) is 12.0. The fourth-order valence-electron chi connectivity index (χ4n) is 1.74. The van der Waals surface area contributed by atoms with Gasteiger partial charge in [-0.25, -0.2) is 4.98 Å². The van der Waals surface area contributed by atoms with Crippen molar-refractivity contribution >= 4 is 11.3 Å². The highest BCUT2D eigenvalue weighted by Gasteiger charge is 2.27. The van der Waals surface area contributed by atoms with Crippen LogP contribution in [-0.4, -0.2) is 4.98 Å². The third kappa shape index (κ3) is 2.28. The Morgan fingerprint density at radius 3 is 2.59 bits per heavy atom. The summed E-state index contributed by atoms with van der Waals surface area (Å²) >= 11 is 1.61. The number of hydrogen-bond acceptors (Lipinski definition) is 4. The van der Waals surface area contributed by atoms with Crippen molar-refractivity contribution in [2.24, 2.45) is 5.73 Å². The van der Waals surface area contributed by atoms with Gasteiger partial charge in [-0.05, 0) is 31.9 Å². The Kier molecular flexibility index (Phi) is 3.35. The van der Waals surface area contributed by atoms with Crippen molar-refractivity contribution in [2.75, 3.05) is 0 Å². The largest absolute Gasteiger partial charge is 0.460 e. The maximum atomic E-state index is 6.33. The van der Waals surface area contributed by atoms with Crippen LogP contribution in [0.4, 0.5) is 0 Å². The van der Waals surface area contributed by atoms with E-state index < -0.39 is 0 Å². The minimum atomic E-state index is -0.301. The molecule has 0 atom stereocenters. The van der Waals surface area contributed by atoms with Gasteiger partial charge in [0.15, 0.2) is 5.76 Å². The second-order valence-electron chi connectivity index (χ2n) is 4.31. The van der Waals surface area contributed by atoms with E-state index in [9.17, 15) is 0 Å². The summed E-state index contributed by atoms with van der Waals surface area (Å²) < 4.78 is 5.57. The minimum Gasteiger partial charge on any atom is -0.460 e. The minimum absolute atomic E-state index is 0.301. The van der Waals surface area contributed by atoms with Crippen molar-refractivity contribution in [2.45, 2.75) is 39.2 Å². The van der Waals surface area contributed by atoms with Crippen LogP contribution in [0.1, 0.15) is 37.5 Å². The zero-order chi connectivity index (χ0) is 12.5. The second-order valence-corrected chi connectivity index (χ2v) is 5.17. The Morgan fingerprint density at radius 2 is 2.06 bits per heavy atom. The molecular weight excluding hydrogens is 232 g/mol. The van der Waals surface area contributed by atoms with Crippen LogP contribution in [0.3, 0.4) is 0 Å². The highest BCUT2D eigenvalue weighted by molar-refractivity contribution is 7.10. The number of nitrogens with zero attached hydrogens (tertiary/aromatic N) is 1. The smallest absolute Gasteiger partial charge is 0.153 e. The quantitative estimate of drug-likeness (QED) is 0.900. The summed E-state index contributed by atoms with van der Waals surface area (Å²) in [7, 11) is 0. The molecule has 0 aliphatic carbocycles. The molecule has 2 heterocycles. The first-order valence-electron chi connectivity index (χ1n) is 5.90. The van der Waals surface area contributed by atoms with Crippen molar-refractivity contribution in [1.82, 2.24) is 4.98 Å². The highest BCUT2D eigenvalue weighted by Crippen LogP contribution is 2.32. The van der Waals surface area contributed by atoms with Gasteiger partial charge in [0, 0.05) is 5.38 Å². The van der Waals surface area contributed by atoms with E-state index in [1.807, 2.05) is 24.4 Å². The predicted octanol–water partition coefficient (Wildman–Crippen LogP) is 3.69. The van der Waals surface area contributed by atoms with Crippen molar-refractivity contribution in [3.63, 3.8) is 0 Å². The van der Waals surface area contributed by atoms with Crippen LogP contribution in [0.2, 0.25) is 0 Å². The monoisotopic (exact) mass is 250 g/mol. The molecule has 0 fully saturated rings. The SMILES string of the molecule is CCC(N)(CC)c1nc(-c2ccc(C)o2)cs1. The summed E-state index contributed by atoms with van der Waals surface area (Å²) in [6.45, 7) is 6.13. The van der Waals surface area contributed by atoms with Gasteiger partial charge >= 0.3 is 0 Å². The number of aryl methyl sites for hydroxylation is 1. The summed E-state index contributed by atoms with van der Waals surface area (Å²) in [5.74, 6) is 1.72. The molecule has 0 radical (unpaired) electrons. The molecule has 2 aromatic heterocycles. The fraction of sp³-hybridized carbons (Fsp3) is 0.462. The first kappa shape index (κ1) is 12.3. The van der Waals surface area contributed by atoms with Gasteiger partial charge in [-0.15, -0.1) is 11.3 Å². The van der Waals surface area contributed by atoms with Gasteiger partial charge in [-0.2, -0.15) is 0 Å². The van der Waals surface area contributed by atoms with Gasteiger partial charge in [-0.1, -0.05) is 13.8 Å². The Labute approximate surface area is 106 Å². The van der Waals surface area contributed by atoms with E-state index in [0.717, 1.165) is 35.1 Å². The van der Waals surface area contributed by atoms with Crippen LogP contribution >= 0.6 is 11.3 Å². The predicted molar refractivity (Wildman–Crippen MR) is 71.0 cm³/mol. The van der Waals surface area contributed by atoms with Crippen LogP contribution in [0.15, 0.2) is 21.9 Å². The molecule has 0 unspecified atom stereocenters. The van der Waals surface area contributed by atoms with Gasteiger partial charge in [-0.3, -0.25) is 0 Å². The number of nitrogens with two attached hydrogens (primary N) is 1. The zero-order valence-corrected chi connectivity index (χ0v) is 11.3. The molecule has 3 nitrogen and oxygen atoms in total. The molecule has 0 saturated heterocycles. The standard InChI is InChI=1S/C13H18N2OS/c1-4-13(14,5-2)12-15-10(8-17-12)11-7-6-9(3)16-11/h6-8H,4-5,14H2,1-3H3. The molecule has 0 spiro atoms. The Morgan fingerprint density at radius 1 is 1.35 bits per heavy atom. The fourth-order valence-corrected chi connectivity index (χ4v) is 2.81. The third-order valence-corrected chi connectivity index (χ3v) is 4.25. The van der Waals surface area contributed by atoms with E-state index in [4.69, 9.17) is 10.2 Å². The summed E-state index contributed by atoms with van der Waals surface area (Å²) in [5.41, 5.74) is 6.91. The summed E-state index contributed by atoms with van der Waals surface area (Å²) in [5, 5.41) is 3.01. The average molecular weight is 250 g/mol. The van der Waals surface area contributed by atoms with Crippen molar-refractivity contribution < 1.29 is 4.42 Å². The second kappa shape index (κ2) is 4.63. The maximum absolute atomic E-state index is 6.33. The molecule has 0 aliphatic rings. The van der Waals surface area contributed by atoms with Crippen molar-refractivity contribution in [3.8, 4) is 11.5 Å². The van der Waals surface area contributed by atoms with E-state index >= 15 is 0 Å². The molecule has 0 bridgehead atoms. The number of aromatic nitrogens is 1. The van der Waals surface area contributed by atoms with E-state index in [-0.39, 0.29) is 5.54 Å². The lowest BCUT2D eigenvalue weighted by atomic mass is 9.95. The molecule has 2 aromatic rings. The van der Waals surface area contributed by atoms with Gasteiger partial charge in [0.05, 0.1) is 5.54 Å². The van der Waals surface area contributed by atoms with Crippen LogP contribution < -0.4 is 5.73 Å². The summed E-state index contributed by atoms with van der Waals surface area (Å²) in [4.78, 5) is 4.61. The molecule has 0 aromatic carbocycles. The lowest BCUT2D eigenvalue weighted by Gasteiger charge is -2.23. The third-order valence-electron chi connectivity index (χ3n) is 3.18. The Bertz CT molecular complexity index is 497. The molecular formula is C13H18N2OS. The molecule has 17 heavy (non-hydrogen) atoms. The number of thiazole rings is 1. The lowest BCUT2D eigenvalue weighted by molar-refractivity contribution is 0.410. The van der Waals surface area contributed by atoms with Crippen molar-refractivity contribution in [3.05, 3.63) is 28.3 Å². The number of furan rings is 1. The van der Waals surface area contributed by atoms with Gasteiger partial charge in [0.1, 0.15) is 16.5 Å². The van der Waals surface area contributed by atoms with Crippen molar-refractivity contribution in [1.29, 1.82) is 0 Å². The molecule has 0 saturated carbocycles. The van der Waals surface area contributed by atoms with E-state index in [1.54, 1.807) is 11.3 Å². The van der Waals surface area contributed by atoms with Gasteiger partial charge in [0.25, 0.3) is 0 Å².